The van der Waals surface area contributed by atoms with Crippen LogP contribution in [0.1, 0.15) is 24.8 Å². The molecule has 14 heavy (non-hydrogen) atoms. The molecule has 2 atom stereocenters. The van der Waals surface area contributed by atoms with Gasteiger partial charge in [0.15, 0.2) is 0 Å². The molecule has 1 aromatic rings. The van der Waals surface area contributed by atoms with Gasteiger partial charge in [-0.05, 0) is 31.4 Å². The quantitative estimate of drug-likeness (QED) is 0.449. The summed E-state index contributed by atoms with van der Waals surface area (Å²) in [5.41, 5.74) is 1.10. The van der Waals surface area contributed by atoms with Crippen molar-refractivity contribution in [1.29, 1.82) is 0 Å². The van der Waals surface area contributed by atoms with E-state index in [1.165, 1.54) is 0 Å². The lowest BCUT2D eigenvalue weighted by molar-refractivity contribution is 0.713. The van der Waals surface area contributed by atoms with Crippen molar-refractivity contribution >= 4 is 11.6 Å². The van der Waals surface area contributed by atoms with E-state index >= 15 is 0 Å². The zero-order chi connectivity index (χ0) is 9.80. The average Bonchev–Trinajstić information content (AvgIpc) is 2.63. The van der Waals surface area contributed by atoms with Crippen molar-refractivity contribution in [3.05, 3.63) is 35.9 Å². The predicted octanol–water partition coefficient (Wildman–Crippen LogP) is 3.45. The smallest absolute Gasteiger partial charge is 0.0348 e. The summed E-state index contributed by atoms with van der Waals surface area (Å²) in [7, 11) is 0. The molecule has 1 aliphatic rings. The average molecular weight is 205 g/mol. The van der Waals surface area contributed by atoms with Gasteiger partial charge < -0.3 is 0 Å². The van der Waals surface area contributed by atoms with Crippen molar-refractivity contribution in [1.82, 2.24) is 0 Å². The Morgan fingerprint density at radius 2 is 1.93 bits per heavy atom. The van der Waals surface area contributed by atoms with Gasteiger partial charge in [0, 0.05) is 16.9 Å². The first-order valence-electron chi connectivity index (χ1n) is 5.05. The number of hydrogen-bond acceptors (Lipinski definition) is 0. The molecule has 1 fully saturated rings. The molecule has 72 valence electrons. The second kappa shape index (κ2) is 4.53. The highest BCUT2D eigenvalue weighted by Gasteiger charge is 2.20. The van der Waals surface area contributed by atoms with Gasteiger partial charge in [0.25, 0.3) is 0 Å². The van der Waals surface area contributed by atoms with Crippen LogP contribution >= 0.6 is 11.6 Å². The Kier molecular flexibility index (Phi) is 3.11. The van der Waals surface area contributed by atoms with Gasteiger partial charge in [-0.3, -0.25) is 0 Å². The Balaban J connectivity index is 2.01. The van der Waals surface area contributed by atoms with E-state index in [9.17, 15) is 0 Å². The first kappa shape index (κ1) is 9.62. The van der Waals surface area contributed by atoms with Crippen LogP contribution in [0.25, 0.3) is 0 Å². The molecule has 2 rings (SSSR count). The third kappa shape index (κ3) is 2.53. The number of alkyl halides is 1. The van der Waals surface area contributed by atoms with Crippen LogP contribution in [0.3, 0.4) is 0 Å². The Labute approximate surface area is 90.3 Å². The molecular weight excluding hydrogens is 192 g/mol. The van der Waals surface area contributed by atoms with Crippen molar-refractivity contribution in [2.24, 2.45) is 5.92 Å². The lowest BCUT2D eigenvalue weighted by Crippen LogP contribution is -1.91. The molecule has 0 saturated heterocycles. The Bertz CT molecular complexity index is 344. The summed E-state index contributed by atoms with van der Waals surface area (Å²) in [5, 5.41) is 0.352. The van der Waals surface area contributed by atoms with Gasteiger partial charge in [0.05, 0.1) is 0 Å². The summed E-state index contributed by atoms with van der Waals surface area (Å²) < 4.78 is 0. The highest BCUT2D eigenvalue weighted by Crippen LogP contribution is 2.28. The van der Waals surface area contributed by atoms with Crippen LogP contribution in [-0.4, -0.2) is 5.38 Å². The first-order valence-corrected chi connectivity index (χ1v) is 5.49. The van der Waals surface area contributed by atoms with Crippen LogP contribution in [0.4, 0.5) is 0 Å². The molecule has 0 heterocycles. The summed E-state index contributed by atoms with van der Waals surface area (Å²) in [6, 6.07) is 10.1. The molecule has 2 unspecified atom stereocenters. The maximum Gasteiger partial charge on any atom is 0.0348 e. The number of halogens is 1. The van der Waals surface area contributed by atoms with Crippen molar-refractivity contribution in [3.8, 4) is 11.8 Å². The van der Waals surface area contributed by atoms with Gasteiger partial charge in [-0.2, -0.15) is 0 Å². The van der Waals surface area contributed by atoms with Gasteiger partial charge in [-0.15, -0.1) is 11.6 Å². The van der Waals surface area contributed by atoms with E-state index in [4.69, 9.17) is 11.6 Å². The molecule has 0 radical (unpaired) electrons. The lowest BCUT2D eigenvalue weighted by atomic mass is 10.1. The lowest BCUT2D eigenvalue weighted by Gasteiger charge is -1.96. The topological polar surface area (TPSA) is 0 Å². The molecule has 0 amide bonds. The van der Waals surface area contributed by atoms with E-state index < -0.39 is 0 Å². The zero-order valence-electron chi connectivity index (χ0n) is 8.04. The molecule has 1 saturated carbocycles. The third-order valence-electron chi connectivity index (χ3n) is 2.56. The molecule has 0 bridgehead atoms. The Morgan fingerprint density at radius 1 is 1.14 bits per heavy atom. The van der Waals surface area contributed by atoms with Gasteiger partial charge in [0.2, 0.25) is 0 Å². The fourth-order valence-corrected chi connectivity index (χ4v) is 2.11. The Hall–Kier alpha value is -0.930. The maximum absolute atomic E-state index is 6.02. The number of rotatable bonds is 0. The van der Waals surface area contributed by atoms with Crippen molar-refractivity contribution < 1.29 is 0 Å². The van der Waals surface area contributed by atoms with Crippen LogP contribution in [0.15, 0.2) is 30.3 Å². The van der Waals surface area contributed by atoms with Crippen LogP contribution < -0.4 is 0 Å². The third-order valence-corrected chi connectivity index (χ3v) is 2.96. The van der Waals surface area contributed by atoms with E-state index in [2.05, 4.69) is 11.8 Å². The van der Waals surface area contributed by atoms with Crippen molar-refractivity contribution in [3.63, 3.8) is 0 Å². The first-order chi connectivity index (χ1) is 6.84. The zero-order valence-corrected chi connectivity index (χ0v) is 8.80. The van der Waals surface area contributed by atoms with E-state index in [0.29, 0.717) is 11.3 Å². The normalized spacial score (nSPS) is 25.5. The number of benzene rings is 1. The van der Waals surface area contributed by atoms with E-state index in [1.54, 1.807) is 0 Å². The summed E-state index contributed by atoms with van der Waals surface area (Å²) in [6.45, 7) is 0. The monoisotopic (exact) mass is 204 g/mol. The highest BCUT2D eigenvalue weighted by molar-refractivity contribution is 6.20. The molecule has 0 nitrogen and oxygen atoms in total. The molecule has 0 aromatic heterocycles. The maximum atomic E-state index is 6.02. The van der Waals surface area contributed by atoms with Gasteiger partial charge in [-0.1, -0.05) is 30.0 Å². The minimum absolute atomic E-state index is 0.352. The fourth-order valence-electron chi connectivity index (χ4n) is 1.76. The molecule has 1 heteroatoms. The summed E-state index contributed by atoms with van der Waals surface area (Å²) in [5.74, 6) is 7.00. The SMILES string of the molecule is ClC1CCC(C#Cc2ccccc2)C1. The molecule has 1 aliphatic carbocycles. The Morgan fingerprint density at radius 3 is 2.57 bits per heavy atom. The van der Waals surface area contributed by atoms with Gasteiger partial charge in [0.1, 0.15) is 0 Å². The minimum atomic E-state index is 0.352. The minimum Gasteiger partial charge on any atom is -0.123 e. The molecule has 0 N–H and O–H groups in total. The molecule has 0 spiro atoms. The summed E-state index contributed by atoms with van der Waals surface area (Å²) in [6.07, 6.45) is 3.34. The second-order valence-electron chi connectivity index (χ2n) is 3.74. The van der Waals surface area contributed by atoms with E-state index in [1.807, 2.05) is 30.3 Å². The largest absolute Gasteiger partial charge is 0.123 e. The van der Waals surface area contributed by atoms with Gasteiger partial charge in [-0.25, -0.2) is 0 Å². The van der Waals surface area contributed by atoms with Gasteiger partial charge >= 0.3 is 0 Å². The highest BCUT2D eigenvalue weighted by atomic mass is 35.5. The van der Waals surface area contributed by atoms with Crippen molar-refractivity contribution in [2.75, 3.05) is 0 Å². The predicted molar refractivity (Wildman–Crippen MR) is 60.3 cm³/mol. The summed E-state index contributed by atoms with van der Waals surface area (Å²) >= 11 is 6.02. The van der Waals surface area contributed by atoms with Crippen LogP contribution in [0, 0.1) is 17.8 Å². The fraction of sp³-hybridized carbons (Fsp3) is 0.385. The number of hydrogen-bond donors (Lipinski definition) is 0. The van der Waals surface area contributed by atoms with E-state index in [-0.39, 0.29) is 0 Å². The van der Waals surface area contributed by atoms with Crippen LogP contribution in [0.2, 0.25) is 0 Å². The second-order valence-corrected chi connectivity index (χ2v) is 4.36. The van der Waals surface area contributed by atoms with Crippen molar-refractivity contribution in [2.45, 2.75) is 24.6 Å². The van der Waals surface area contributed by atoms with Crippen LogP contribution in [0.5, 0.6) is 0 Å². The van der Waals surface area contributed by atoms with E-state index in [0.717, 1.165) is 24.8 Å². The molecule has 1 aromatic carbocycles. The van der Waals surface area contributed by atoms with Crippen LogP contribution in [-0.2, 0) is 0 Å². The summed E-state index contributed by atoms with van der Waals surface area (Å²) in [4.78, 5) is 0. The molecule has 0 aliphatic heterocycles. The molecular formula is C13H13Cl. The standard InChI is InChI=1S/C13H13Cl/c14-13-9-8-12(10-13)7-6-11-4-2-1-3-5-11/h1-5,12-13H,8-10H2.